The van der Waals surface area contributed by atoms with Gasteiger partial charge in [0, 0.05) is 37.3 Å². The van der Waals surface area contributed by atoms with Gasteiger partial charge in [-0.15, -0.1) is 11.8 Å². The van der Waals surface area contributed by atoms with Gasteiger partial charge in [-0.2, -0.15) is 0 Å². The topological polar surface area (TPSA) is 72.3 Å². The van der Waals surface area contributed by atoms with Crippen LogP contribution in [0.15, 0.2) is 78.1 Å². The maximum Gasteiger partial charge on any atom is 0.267 e. The van der Waals surface area contributed by atoms with E-state index in [0.29, 0.717) is 24.4 Å². The molecule has 1 aliphatic rings. The number of carbonyl (C=O) groups excluding carboxylic acids is 1. The summed E-state index contributed by atoms with van der Waals surface area (Å²) in [5.74, 6) is 0.679. The Balaban J connectivity index is 1.72. The molecule has 3 aromatic rings. The number of rotatable bonds is 5. The van der Waals surface area contributed by atoms with Crippen LogP contribution < -0.4 is 0 Å². The summed E-state index contributed by atoms with van der Waals surface area (Å²) in [6.45, 7) is 0.412. The second-order valence-electron chi connectivity index (χ2n) is 6.40. The van der Waals surface area contributed by atoms with Crippen LogP contribution in [0.25, 0.3) is 0 Å². The molecule has 144 valence electrons. The maximum atomic E-state index is 13.1. The Hall–Kier alpha value is -2.58. The van der Waals surface area contributed by atoms with Crippen molar-refractivity contribution in [3.63, 3.8) is 0 Å². The van der Waals surface area contributed by atoms with Gasteiger partial charge in [0.25, 0.3) is 10.0 Å². The number of nitrogens with zero attached hydrogens (tertiary/aromatic N) is 3. The SMILES string of the molecule is O=C1CCSC(c2cccn2S(=O)(=O)c2ccccc2)N1Cc1ccncc1. The van der Waals surface area contributed by atoms with Crippen LogP contribution in [0.4, 0.5) is 0 Å². The monoisotopic (exact) mass is 413 g/mol. The highest BCUT2D eigenvalue weighted by Gasteiger charge is 2.33. The van der Waals surface area contributed by atoms with Gasteiger partial charge in [-0.05, 0) is 42.0 Å². The van der Waals surface area contributed by atoms with Crippen molar-refractivity contribution in [2.24, 2.45) is 0 Å². The Labute approximate surface area is 168 Å². The molecule has 0 radical (unpaired) electrons. The molecule has 3 heterocycles. The van der Waals surface area contributed by atoms with E-state index >= 15 is 0 Å². The third kappa shape index (κ3) is 3.57. The Morgan fingerprint density at radius 1 is 1.04 bits per heavy atom. The zero-order valence-electron chi connectivity index (χ0n) is 15.0. The number of thioether (sulfide) groups is 1. The summed E-state index contributed by atoms with van der Waals surface area (Å²) in [6, 6.07) is 15.5. The van der Waals surface area contributed by atoms with Crippen molar-refractivity contribution < 1.29 is 13.2 Å². The fourth-order valence-corrected chi connectivity index (χ4v) is 5.93. The lowest BCUT2D eigenvalue weighted by Gasteiger charge is -2.35. The molecule has 1 saturated heterocycles. The van der Waals surface area contributed by atoms with E-state index in [2.05, 4.69) is 4.98 Å². The molecule has 28 heavy (non-hydrogen) atoms. The van der Waals surface area contributed by atoms with Crippen LogP contribution in [0.1, 0.15) is 23.1 Å². The molecule has 0 N–H and O–H groups in total. The van der Waals surface area contributed by atoms with Gasteiger partial charge in [0.15, 0.2) is 0 Å². The third-order valence-electron chi connectivity index (χ3n) is 4.59. The number of amides is 1. The number of pyridine rings is 1. The van der Waals surface area contributed by atoms with E-state index in [9.17, 15) is 13.2 Å². The van der Waals surface area contributed by atoms with Crippen LogP contribution in [0.3, 0.4) is 0 Å². The second kappa shape index (κ2) is 7.81. The van der Waals surface area contributed by atoms with Gasteiger partial charge in [0.2, 0.25) is 5.91 Å². The minimum Gasteiger partial charge on any atom is -0.321 e. The zero-order valence-corrected chi connectivity index (χ0v) is 16.6. The number of hydrogen-bond acceptors (Lipinski definition) is 5. The maximum absolute atomic E-state index is 13.1. The van der Waals surface area contributed by atoms with Crippen molar-refractivity contribution >= 4 is 27.7 Å². The minimum absolute atomic E-state index is 0.0189. The highest BCUT2D eigenvalue weighted by molar-refractivity contribution is 7.99. The first-order chi connectivity index (χ1) is 13.6. The van der Waals surface area contributed by atoms with E-state index in [4.69, 9.17) is 0 Å². The number of hydrogen-bond donors (Lipinski definition) is 0. The molecular formula is C20H19N3O3S2. The fraction of sp³-hybridized carbons (Fsp3) is 0.200. The van der Waals surface area contributed by atoms with Crippen LogP contribution in [0.5, 0.6) is 0 Å². The Kier molecular flexibility index (Phi) is 5.23. The van der Waals surface area contributed by atoms with Crippen molar-refractivity contribution in [3.05, 3.63) is 84.4 Å². The molecule has 1 atom stereocenters. The van der Waals surface area contributed by atoms with Gasteiger partial charge >= 0.3 is 0 Å². The highest BCUT2D eigenvalue weighted by atomic mass is 32.2. The normalized spacial score (nSPS) is 17.6. The fourth-order valence-electron chi connectivity index (χ4n) is 3.22. The first-order valence-electron chi connectivity index (χ1n) is 8.85. The molecule has 1 fully saturated rings. The first kappa shape index (κ1) is 18.8. The lowest BCUT2D eigenvalue weighted by atomic mass is 10.2. The summed E-state index contributed by atoms with van der Waals surface area (Å²) in [5.41, 5.74) is 1.54. The quantitative estimate of drug-likeness (QED) is 0.642. The number of aromatic nitrogens is 2. The molecule has 4 rings (SSSR count). The van der Waals surface area contributed by atoms with Gasteiger partial charge in [-0.1, -0.05) is 18.2 Å². The molecule has 6 nitrogen and oxygen atoms in total. The van der Waals surface area contributed by atoms with Gasteiger partial charge in [0.05, 0.1) is 10.6 Å². The largest absolute Gasteiger partial charge is 0.321 e. The molecule has 0 spiro atoms. The van der Waals surface area contributed by atoms with Crippen molar-refractivity contribution in [3.8, 4) is 0 Å². The first-order valence-corrected chi connectivity index (χ1v) is 11.3. The summed E-state index contributed by atoms with van der Waals surface area (Å²) in [5, 5.41) is -0.372. The van der Waals surface area contributed by atoms with Crippen LogP contribution in [0.2, 0.25) is 0 Å². The smallest absolute Gasteiger partial charge is 0.267 e. The van der Waals surface area contributed by atoms with E-state index in [1.807, 2.05) is 12.1 Å². The third-order valence-corrected chi connectivity index (χ3v) is 7.56. The molecule has 1 amide bonds. The van der Waals surface area contributed by atoms with Gasteiger partial charge in [-0.3, -0.25) is 9.78 Å². The number of carbonyl (C=O) groups is 1. The van der Waals surface area contributed by atoms with Crippen molar-refractivity contribution in [2.75, 3.05) is 5.75 Å². The Morgan fingerprint density at radius 2 is 1.79 bits per heavy atom. The van der Waals surface area contributed by atoms with Crippen molar-refractivity contribution in [1.29, 1.82) is 0 Å². The molecule has 2 aromatic heterocycles. The zero-order chi connectivity index (χ0) is 19.6. The lowest BCUT2D eigenvalue weighted by molar-refractivity contribution is -0.132. The van der Waals surface area contributed by atoms with E-state index in [0.717, 1.165) is 5.56 Å². The molecule has 0 bridgehead atoms. The predicted octanol–water partition coefficient (Wildman–Crippen LogP) is 3.28. The molecule has 1 aromatic carbocycles. The van der Waals surface area contributed by atoms with Gasteiger partial charge in [0.1, 0.15) is 5.37 Å². The van der Waals surface area contributed by atoms with Crippen LogP contribution in [-0.4, -0.2) is 33.9 Å². The van der Waals surface area contributed by atoms with Crippen molar-refractivity contribution in [1.82, 2.24) is 13.9 Å². The van der Waals surface area contributed by atoms with Crippen LogP contribution in [0, 0.1) is 0 Å². The lowest BCUT2D eigenvalue weighted by Crippen LogP contribution is -2.38. The summed E-state index contributed by atoms with van der Waals surface area (Å²) in [6.07, 6.45) is 5.36. The molecular weight excluding hydrogens is 394 g/mol. The van der Waals surface area contributed by atoms with E-state index in [1.165, 1.54) is 3.97 Å². The molecule has 1 unspecified atom stereocenters. The molecule has 0 saturated carbocycles. The average molecular weight is 414 g/mol. The van der Waals surface area contributed by atoms with E-state index in [-0.39, 0.29) is 16.2 Å². The van der Waals surface area contributed by atoms with E-state index in [1.54, 1.807) is 77.7 Å². The second-order valence-corrected chi connectivity index (χ2v) is 9.40. The Bertz CT molecular complexity index is 1070. The molecule has 8 heteroatoms. The number of benzene rings is 1. The summed E-state index contributed by atoms with van der Waals surface area (Å²) >= 11 is 1.58. The Morgan fingerprint density at radius 3 is 2.54 bits per heavy atom. The summed E-state index contributed by atoms with van der Waals surface area (Å²) in [7, 11) is -3.73. The average Bonchev–Trinajstić information content (AvgIpc) is 3.22. The molecule has 0 aliphatic carbocycles. The van der Waals surface area contributed by atoms with Crippen LogP contribution in [-0.2, 0) is 21.4 Å². The molecule has 1 aliphatic heterocycles. The summed E-state index contributed by atoms with van der Waals surface area (Å²) < 4.78 is 27.6. The van der Waals surface area contributed by atoms with E-state index < -0.39 is 10.0 Å². The standard InChI is InChI=1S/C20H19N3O3S2/c24-19-10-14-27-20(22(19)15-16-8-11-21-12-9-16)18-7-4-13-23(18)28(25,26)17-5-2-1-3-6-17/h1-9,11-13,20H,10,14-15H2. The van der Waals surface area contributed by atoms with Gasteiger partial charge in [-0.25, -0.2) is 12.4 Å². The summed E-state index contributed by atoms with van der Waals surface area (Å²) in [4.78, 5) is 18.7. The van der Waals surface area contributed by atoms with Gasteiger partial charge < -0.3 is 4.90 Å². The minimum atomic E-state index is -3.73. The van der Waals surface area contributed by atoms with Crippen molar-refractivity contribution in [2.45, 2.75) is 23.2 Å². The van der Waals surface area contributed by atoms with Crippen LogP contribution >= 0.6 is 11.8 Å². The highest BCUT2D eigenvalue weighted by Crippen LogP contribution is 2.39. The predicted molar refractivity (Wildman–Crippen MR) is 108 cm³/mol.